The van der Waals surface area contributed by atoms with Crippen LogP contribution in [0.15, 0.2) is 29.2 Å². The number of hydrogen-bond acceptors (Lipinski definition) is 3. The van der Waals surface area contributed by atoms with Gasteiger partial charge in [0.2, 0.25) is 10.0 Å². The van der Waals surface area contributed by atoms with Gasteiger partial charge < -0.3 is 5.11 Å². The van der Waals surface area contributed by atoms with Gasteiger partial charge in [0, 0.05) is 6.04 Å². The molecule has 0 amide bonds. The second kappa shape index (κ2) is 4.70. The molecule has 1 aliphatic rings. The smallest absolute Gasteiger partial charge is 0.318 e. The number of nitrogens with zero attached hydrogens (tertiary/aromatic N) is 1. The molecule has 1 saturated carbocycles. The second-order valence-corrected chi connectivity index (χ2v) is 6.30. The number of carboxylic acid groups (broad SMARTS) is 1. The first-order valence-corrected chi connectivity index (χ1v) is 7.16. The summed E-state index contributed by atoms with van der Waals surface area (Å²) in [5, 5.41) is 8.83. The zero-order chi connectivity index (χ0) is 13.3. The largest absolute Gasteiger partial charge is 0.480 e. The van der Waals surface area contributed by atoms with E-state index in [1.54, 1.807) is 25.1 Å². The standard InChI is InChI=1S/C12H15NO4S/c1-9-4-2-3-5-11(9)18(16,17)13(8-12(14)15)10-6-7-10/h2-5,10H,6-8H2,1H3,(H,14,15). The molecule has 0 aromatic heterocycles. The van der Waals surface area contributed by atoms with Crippen LogP contribution in [0.1, 0.15) is 18.4 Å². The first kappa shape index (κ1) is 13.0. The fraction of sp³-hybridized carbons (Fsp3) is 0.417. The summed E-state index contributed by atoms with van der Waals surface area (Å²) in [6.45, 7) is 1.24. The summed E-state index contributed by atoms with van der Waals surface area (Å²) in [6.07, 6.45) is 1.47. The molecule has 1 aromatic rings. The fourth-order valence-electron chi connectivity index (χ4n) is 1.88. The van der Waals surface area contributed by atoms with Gasteiger partial charge in [-0.3, -0.25) is 4.79 Å². The highest BCUT2D eigenvalue weighted by molar-refractivity contribution is 7.89. The lowest BCUT2D eigenvalue weighted by atomic mass is 10.2. The Bertz CT molecular complexity index is 563. The zero-order valence-corrected chi connectivity index (χ0v) is 10.9. The van der Waals surface area contributed by atoms with Gasteiger partial charge in [-0.1, -0.05) is 18.2 Å². The van der Waals surface area contributed by atoms with E-state index in [0.717, 1.165) is 17.1 Å². The topological polar surface area (TPSA) is 74.7 Å². The maximum Gasteiger partial charge on any atom is 0.318 e. The average molecular weight is 269 g/mol. The molecule has 1 aromatic carbocycles. The van der Waals surface area contributed by atoms with Crippen LogP contribution in [0, 0.1) is 6.92 Å². The number of aliphatic carboxylic acids is 1. The molecule has 6 heteroatoms. The van der Waals surface area contributed by atoms with E-state index >= 15 is 0 Å². The Balaban J connectivity index is 2.39. The van der Waals surface area contributed by atoms with Crippen molar-refractivity contribution in [1.82, 2.24) is 4.31 Å². The van der Waals surface area contributed by atoms with Gasteiger partial charge in [0.1, 0.15) is 6.54 Å². The van der Waals surface area contributed by atoms with Gasteiger partial charge in [0.05, 0.1) is 4.90 Å². The van der Waals surface area contributed by atoms with E-state index in [-0.39, 0.29) is 10.9 Å². The normalized spacial score (nSPS) is 15.9. The van der Waals surface area contributed by atoms with Crippen LogP contribution in [0.5, 0.6) is 0 Å². The number of benzene rings is 1. The summed E-state index contributed by atoms with van der Waals surface area (Å²) in [5.74, 6) is -1.13. The molecule has 0 spiro atoms. The Morgan fingerprint density at radius 1 is 1.39 bits per heavy atom. The van der Waals surface area contributed by atoms with Gasteiger partial charge in [-0.05, 0) is 31.4 Å². The van der Waals surface area contributed by atoms with Crippen LogP contribution < -0.4 is 0 Å². The zero-order valence-electron chi connectivity index (χ0n) is 10.0. The van der Waals surface area contributed by atoms with Crippen molar-refractivity contribution < 1.29 is 18.3 Å². The quantitative estimate of drug-likeness (QED) is 0.872. The molecule has 1 aliphatic carbocycles. The lowest BCUT2D eigenvalue weighted by Crippen LogP contribution is -2.37. The minimum absolute atomic E-state index is 0.161. The molecule has 2 rings (SSSR count). The summed E-state index contributed by atoms with van der Waals surface area (Å²) >= 11 is 0. The number of rotatable bonds is 5. The Hall–Kier alpha value is -1.40. The van der Waals surface area contributed by atoms with Crippen LogP contribution in [0.3, 0.4) is 0 Å². The first-order chi connectivity index (χ1) is 8.43. The maximum atomic E-state index is 12.4. The molecule has 18 heavy (non-hydrogen) atoms. The van der Waals surface area contributed by atoms with E-state index < -0.39 is 22.5 Å². The van der Waals surface area contributed by atoms with Crippen LogP contribution in [-0.4, -0.2) is 36.4 Å². The van der Waals surface area contributed by atoms with Gasteiger partial charge >= 0.3 is 5.97 Å². The van der Waals surface area contributed by atoms with E-state index in [9.17, 15) is 13.2 Å². The van der Waals surface area contributed by atoms with Gasteiger partial charge in [-0.15, -0.1) is 0 Å². The summed E-state index contributed by atoms with van der Waals surface area (Å²) < 4.78 is 26.0. The molecule has 5 nitrogen and oxygen atoms in total. The SMILES string of the molecule is Cc1ccccc1S(=O)(=O)N(CC(=O)O)C1CC1. The maximum absolute atomic E-state index is 12.4. The van der Waals surface area contributed by atoms with Gasteiger partial charge in [0.25, 0.3) is 0 Å². The van der Waals surface area contributed by atoms with Crippen molar-refractivity contribution in [3.05, 3.63) is 29.8 Å². The summed E-state index contributed by atoms with van der Waals surface area (Å²) in [4.78, 5) is 11.0. The molecular weight excluding hydrogens is 254 g/mol. The molecule has 0 atom stereocenters. The van der Waals surface area contributed by atoms with Crippen LogP contribution in [0.25, 0.3) is 0 Å². The van der Waals surface area contributed by atoms with Crippen molar-refractivity contribution in [2.45, 2.75) is 30.7 Å². The Morgan fingerprint density at radius 2 is 2.00 bits per heavy atom. The molecule has 0 bridgehead atoms. The molecule has 0 heterocycles. The minimum atomic E-state index is -3.71. The van der Waals surface area contributed by atoms with Gasteiger partial charge in [0.15, 0.2) is 0 Å². The lowest BCUT2D eigenvalue weighted by molar-refractivity contribution is -0.137. The third-order valence-corrected chi connectivity index (χ3v) is 4.98. The van der Waals surface area contributed by atoms with Crippen molar-refractivity contribution in [3.63, 3.8) is 0 Å². The molecule has 0 aliphatic heterocycles. The second-order valence-electron chi connectivity index (χ2n) is 4.44. The fourth-order valence-corrected chi connectivity index (χ4v) is 3.74. The van der Waals surface area contributed by atoms with Crippen molar-refractivity contribution in [2.24, 2.45) is 0 Å². The highest BCUT2D eigenvalue weighted by atomic mass is 32.2. The summed E-state index contributed by atoms with van der Waals surface area (Å²) in [5.41, 5.74) is 0.633. The van der Waals surface area contributed by atoms with Crippen molar-refractivity contribution in [2.75, 3.05) is 6.54 Å². The molecule has 1 fully saturated rings. The van der Waals surface area contributed by atoms with Gasteiger partial charge in [-0.2, -0.15) is 4.31 Å². The predicted molar refractivity (Wildman–Crippen MR) is 65.7 cm³/mol. The molecular formula is C12H15NO4S. The number of sulfonamides is 1. The first-order valence-electron chi connectivity index (χ1n) is 5.72. The highest BCUT2D eigenvalue weighted by Crippen LogP contribution is 2.32. The number of carbonyl (C=O) groups is 1. The summed E-state index contributed by atoms with van der Waals surface area (Å²) in [7, 11) is -3.71. The van der Waals surface area contributed by atoms with Crippen LogP contribution in [-0.2, 0) is 14.8 Å². The van der Waals surface area contributed by atoms with Crippen LogP contribution in [0.4, 0.5) is 0 Å². The van der Waals surface area contributed by atoms with Gasteiger partial charge in [-0.25, -0.2) is 8.42 Å². The lowest BCUT2D eigenvalue weighted by Gasteiger charge is -2.20. The van der Waals surface area contributed by atoms with E-state index in [1.807, 2.05) is 0 Å². The molecule has 0 radical (unpaired) electrons. The van der Waals surface area contributed by atoms with Crippen molar-refractivity contribution >= 4 is 16.0 Å². The highest BCUT2D eigenvalue weighted by Gasteiger charge is 2.39. The Morgan fingerprint density at radius 3 is 2.50 bits per heavy atom. The van der Waals surface area contributed by atoms with Crippen molar-refractivity contribution in [1.29, 1.82) is 0 Å². The Labute approximate surface area is 106 Å². The van der Waals surface area contributed by atoms with E-state index in [0.29, 0.717) is 5.56 Å². The van der Waals surface area contributed by atoms with Crippen LogP contribution in [0.2, 0.25) is 0 Å². The average Bonchev–Trinajstić information content (AvgIpc) is 3.09. The predicted octanol–water partition coefficient (Wildman–Crippen LogP) is 1.23. The minimum Gasteiger partial charge on any atom is -0.480 e. The third kappa shape index (κ3) is 2.54. The molecule has 1 N–H and O–H groups in total. The number of aryl methyl sites for hydroxylation is 1. The molecule has 98 valence electrons. The van der Waals surface area contributed by atoms with Crippen LogP contribution >= 0.6 is 0 Å². The summed E-state index contributed by atoms with van der Waals surface area (Å²) in [6, 6.07) is 6.46. The van der Waals surface area contributed by atoms with E-state index in [4.69, 9.17) is 5.11 Å². The molecule has 0 unspecified atom stereocenters. The Kier molecular flexibility index (Phi) is 3.41. The molecule has 0 saturated heterocycles. The van der Waals surface area contributed by atoms with Crippen molar-refractivity contribution in [3.8, 4) is 0 Å². The number of carboxylic acids is 1. The monoisotopic (exact) mass is 269 g/mol. The third-order valence-electron chi connectivity index (χ3n) is 2.93. The van der Waals surface area contributed by atoms with E-state index in [2.05, 4.69) is 0 Å². The van der Waals surface area contributed by atoms with E-state index in [1.165, 1.54) is 6.07 Å². The number of hydrogen-bond donors (Lipinski definition) is 1.